The van der Waals surface area contributed by atoms with Gasteiger partial charge in [-0.05, 0) is 13.8 Å². The van der Waals surface area contributed by atoms with E-state index in [9.17, 15) is 18.0 Å². The van der Waals surface area contributed by atoms with Crippen LogP contribution in [0, 0.1) is 13.8 Å². The molecule has 0 aliphatic heterocycles. The van der Waals surface area contributed by atoms with Gasteiger partial charge in [0.05, 0.1) is 5.69 Å². The number of carbonyl (C=O) groups is 1. The molecule has 0 saturated heterocycles. The van der Waals surface area contributed by atoms with E-state index >= 15 is 0 Å². The van der Waals surface area contributed by atoms with Crippen LogP contribution in [0.2, 0.25) is 0 Å². The maximum Gasteiger partial charge on any atom is 0.411 e. The summed E-state index contributed by atoms with van der Waals surface area (Å²) in [6, 6.07) is 0. The van der Waals surface area contributed by atoms with E-state index in [1.807, 2.05) is 6.92 Å². The highest BCUT2D eigenvalue weighted by Crippen LogP contribution is 2.21. The number of aromatic nitrogens is 1. The third-order valence-electron chi connectivity index (χ3n) is 1.77. The summed E-state index contributed by atoms with van der Waals surface area (Å²) in [5.41, 5.74) is 0.779. The Morgan fingerprint density at radius 1 is 1.47 bits per heavy atom. The van der Waals surface area contributed by atoms with Crippen LogP contribution in [-0.2, 0) is 9.53 Å². The number of thiazole rings is 1. The highest BCUT2D eigenvalue weighted by molar-refractivity contribution is 7.15. The molecule has 8 heteroatoms. The van der Waals surface area contributed by atoms with Crippen molar-refractivity contribution in [1.82, 2.24) is 4.98 Å². The van der Waals surface area contributed by atoms with Gasteiger partial charge in [-0.2, -0.15) is 13.2 Å². The van der Waals surface area contributed by atoms with E-state index in [1.54, 1.807) is 6.92 Å². The number of rotatable bonds is 4. The van der Waals surface area contributed by atoms with Crippen molar-refractivity contribution in [2.75, 3.05) is 18.5 Å². The van der Waals surface area contributed by atoms with Crippen LogP contribution in [0.5, 0.6) is 0 Å². The lowest BCUT2D eigenvalue weighted by molar-refractivity contribution is -0.174. The van der Waals surface area contributed by atoms with Crippen LogP contribution in [0.1, 0.15) is 10.6 Å². The van der Waals surface area contributed by atoms with Gasteiger partial charge in [0, 0.05) is 4.88 Å². The minimum atomic E-state index is -4.42. The third kappa shape index (κ3) is 5.14. The summed E-state index contributed by atoms with van der Waals surface area (Å²) in [5, 5.41) is 2.73. The summed E-state index contributed by atoms with van der Waals surface area (Å²) >= 11 is 1.26. The van der Waals surface area contributed by atoms with Crippen LogP contribution in [0.25, 0.3) is 0 Å². The topological polar surface area (TPSA) is 51.2 Å². The highest BCUT2D eigenvalue weighted by Gasteiger charge is 2.27. The number of halogens is 3. The van der Waals surface area contributed by atoms with Crippen molar-refractivity contribution in [2.45, 2.75) is 20.0 Å². The predicted octanol–water partition coefficient (Wildman–Crippen LogP) is 2.28. The molecule has 1 aromatic heterocycles. The minimum absolute atomic E-state index is 0.362. The second kappa shape index (κ2) is 5.46. The Kier molecular flexibility index (Phi) is 4.47. The van der Waals surface area contributed by atoms with Crippen molar-refractivity contribution in [3.63, 3.8) is 0 Å². The SMILES string of the molecule is Cc1nc(NC(=O)COCC(F)(F)F)sc1C. The molecule has 1 N–H and O–H groups in total. The Morgan fingerprint density at radius 3 is 2.59 bits per heavy atom. The molecule has 0 unspecified atom stereocenters. The Morgan fingerprint density at radius 2 is 2.12 bits per heavy atom. The van der Waals surface area contributed by atoms with Gasteiger partial charge in [-0.25, -0.2) is 4.98 Å². The molecule has 0 atom stereocenters. The Balaban J connectivity index is 2.35. The van der Waals surface area contributed by atoms with Crippen molar-refractivity contribution in [1.29, 1.82) is 0 Å². The Labute approximate surface area is 99.8 Å². The van der Waals surface area contributed by atoms with Gasteiger partial charge in [0.25, 0.3) is 5.91 Å². The number of ether oxygens (including phenoxy) is 1. The second-order valence-electron chi connectivity index (χ2n) is 3.32. The molecule has 1 aromatic rings. The molecule has 1 rings (SSSR count). The average molecular weight is 268 g/mol. The van der Waals surface area contributed by atoms with E-state index in [2.05, 4.69) is 15.0 Å². The van der Waals surface area contributed by atoms with Gasteiger partial charge >= 0.3 is 6.18 Å². The summed E-state index contributed by atoms with van der Waals surface area (Å²) in [6.45, 7) is 1.54. The van der Waals surface area contributed by atoms with E-state index in [1.165, 1.54) is 11.3 Å². The van der Waals surface area contributed by atoms with Crippen molar-refractivity contribution >= 4 is 22.4 Å². The molecule has 1 heterocycles. The molecule has 0 aromatic carbocycles. The monoisotopic (exact) mass is 268 g/mol. The predicted molar refractivity (Wildman–Crippen MR) is 57.1 cm³/mol. The standard InChI is InChI=1S/C9H11F3N2O2S/c1-5-6(2)17-8(13-5)14-7(15)3-16-4-9(10,11)12/h3-4H2,1-2H3,(H,13,14,15). The number of alkyl halides is 3. The average Bonchev–Trinajstić information content (AvgIpc) is 2.43. The van der Waals surface area contributed by atoms with E-state index in [0.717, 1.165) is 10.6 Å². The molecule has 1 amide bonds. The molecule has 4 nitrogen and oxygen atoms in total. The number of amides is 1. The lowest BCUT2D eigenvalue weighted by Crippen LogP contribution is -2.23. The van der Waals surface area contributed by atoms with E-state index < -0.39 is 25.3 Å². The van der Waals surface area contributed by atoms with Gasteiger partial charge < -0.3 is 4.74 Å². The number of aryl methyl sites for hydroxylation is 2. The molecule has 0 saturated carbocycles. The molecule has 17 heavy (non-hydrogen) atoms. The van der Waals surface area contributed by atoms with E-state index in [0.29, 0.717) is 5.13 Å². The molecule has 96 valence electrons. The van der Waals surface area contributed by atoms with Crippen molar-refractivity contribution in [3.05, 3.63) is 10.6 Å². The Hall–Kier alpha value is -1.15. The lowest BCUT2D eigenvalue weighted by atomic mass is 10.4. The van der Waals surface area contributed by atoms with Crippen LogP contribution >= 0.6 is 11.3 Å². The van der Waals surface area contributed by atoms with Crippen molar-refractivity contribution in [3.8, 4) is 0 Å². The smallest absolute Gasteiger partial charge is 0.362 e. The van der Waals surface area contributed by atoms with Gasteiger partial charge in [-0.3, -0.25) is 10.1 Å². The quantitative estimate of drug-likeness (QED) is 0.911. The number of nitrogens with zero attached hydrogens (tertiary/aromatic N) is 1. The minimum Gasteiger partial charge on any atom is -0.362 e. The third-order valence-corrected chi connectivity index (χ3v) is 2.76. The largest absolute Gasteiger partial charge is 0.411 e. The van der Waals surface area contributed by atoms with Crippen LogP contribution in [-0.4, -0.2) is 30.3 Å². The number of hydrogen-bond acceptors (Lipinski definition) is 4. The summed E-state index contributed by atoms with van der Waals surface area (Å²) in [7, 11) is 0. The molecule has 0 radical (unpaired) electrons. The maximum atomic E-state index is 11.7. The normalized spacial score (nSPS) is 11.6. The first kappa shape index (κ1) is 13.9. The summed E-state index contributed by atoms with van der Waals surface area (Å²) < 4.78 is 39.4. The van der Waals surface area contributed by atoms with E-state index in [-0.39, 0.29) is 0 Å². The molecular weight excluding hydrogens is 257 g/mol. The number of carbonyl (C=O) groups excluding carboxylic acids is 1. The van der Waals surface area contributed by atoms with Crippen LogP contribution in [0.3, 0.4) is 0 Å². The fourth-order valence-corrected chi connectivity index (χ4v) is 1.77. The lowest BCUT2D eigenvalue weighted by Gasteiger charge is -2.06. The number of nitrogens with one attached hydrogen (secondary N) is 1. The van der Waals surface area contributed by atoms with Gasteiger partial charge in [0.1, 0.15) is 13.2 Å². The first-order chi connectivity index (χ1) is 7.78. The molecule has 0 fully saturated rings. The molecule has 0 spiro atoms. The van der Waals surface area contributed by atoms with E-state index in [4.69, 9.17) is 0 Å². The summed E-state index contributed by atoms with van der Waals surface area (Å²) in [4.78, 5) is 16.1. The van der Waals surface area contributed by atoms with Crippen molar-refractivity contribution in [2.24, 2.45) is 0 Å². The fourth-order valence-electron chi connectivity index (χ4n) is 0.941. The molecule has 0 aliphatic rings. The fraction of sp³-hybridized carbons (Fsp3) is 0.556. The van der Waals surface area contributed by atoms with Gasteiger partial charge in [0.2, 0.25) is 0 Å². The van der Waals surface area contributed by atoms with Crippen LogP contribution in [0.15, 0.2) is 0 Å². The van der Waals surface area contributed by atoms with Crippen LogP contribution in [0.4, 0.5) is 18.3 Å². The number of anilines is 1. The summed E-state index contributed by atoms with van der Waals surface area (Å²) in [6.07, 6.45) is -4.42. The maximum absolute atomic E-state index is 11.7. The van der Waals surface area contributed by atoms with Gasteiger partial charge in [-0.15, -0.1) is 11.3 Å². The zero-order valence-corrected chi connectivity index (χ0v) is 10.0. The summed E-state index contributed by atoms with van der Waals surface area (Å²) in [5.74, 6) is -0.650. The highest BCUT2D eigenvalue weighted by atomic mass is 32.1. The first-order valence-corrected chi connectivity index (χ1v) is 5.48. The van der Waals surface area contributed by atoms with Gasteiger partial charge in [0.15, 0.2) is 5.13 Å². The zero-order valence-electron chi connectivity index (χ0n) is 9.22. The second-order valence-corrected chi connectivity index (χ2v) is 4.52. The zero-order chi connectivity index (χ0) is 13.1. The Bertz CT molecular complexity index is 384. The first-order valence-electron chi connectivity index (χ1n) is 4.66. The molecular formula is C9H11F3N2O2S. The van der Waals surface area contributed by atoms with Gasteiger partial charge in [-0.1, -0.05) is 0 Å². The molecule has 0 aliphatic carbocycles. The molecule has 0 bridgehead atoms. The number of hydrogen-bond donors (Lipinski definition) is 1. The van der Waals surface area contributed by atoms with Crippen molar-refractivity contribution < 1.29 is 22.7 Å². The van der Waals surface area contributed by atoms with Crippen LogP contribution < -0.4 is 5.32 Å².